The van der Waals surface area contributed by atoms with Crippen LogP contribution in [0.5, 0.6) is 0 Å². The van der Waals surface area contributed by atoms with Crippen molar-refractivity contribution in [3.63, 3.8) is 0 Å². The van der Waals surface area contributed by atoms with Gasteiger partial charge in [0.25, 0.3) is 0 Å². The number of nitrogens with one attached hydrogen (secondary N) is 2. The van der Waals surface area contributed by atoms with Gasteiger partial charge in [0.05, 0.1) is 6.54 Å². The standard InChI is InChI=1S/C20H27N3OS.HI/c1-16-8-9-18(25-16)14-22-19(21-2)23-15-20(10-12-24-13-11-20)17-6-4-3-5-7-17;/h3-9H,10-15H2,1-2H3,(H2,21,22,23);1H. The van der Waals surface area contributed by atoms with Crippen LogP contribution in [0.2, 0.25) is 0 Å². The number of halogens is 1. The molecule has 142 valence electrons. The van der Waals surface area contributed by atoms with E-state index in [1.807, 2.05) is 18.4 Å². The monoisotopic (exact) mass is 485 g/mol. The summed E-state index contributed by atoms with van der Waals surface area (Å²) in [4.78, 5) is 7.05. The summed E-state index contributed by atoms with van der Waals surface area (Å²) in [6.07, 6.45) is 2.07. The van der Waals surface area contributed by atoms with Crippen molar-refractivity contribution in [2.45, 2.75) is 31.7 Å². The molecule has 3 rings (SSSR count). The normalized spacial score (nSPS) is 16.6. The summed E-state index contributed by atoms with van der Waals surface area (Å²) in [7, 11) is 1.83. The maximum atomic E-state index is 5.61. The summed E-state index contributed by atoms with van der Waals surface area (Å²) < 4.78 is 5.61. The largest absolute Gasteiger partial charge is 0.381 e. The first-order chi connectivity index (χ1) is 12.2. The molecule has 2 N–H and O–H groups in total. The fourth-order valence-electron chi connectivity index (χ4n) is 3.35. The number of thiophene rings is 1. The van der Waals surface area contributed by atoms with E-state index in [-0.39, 0.29) is 29.4 Å². The lowest BCUT2D eigenvalue weighted by molar-refractivity contribution is 0.0514. The average Bonchev–Trinajstić information content (AvgIpc) is 3.08. The maximum Gasteiger partial charge on any atom is 0.191 e. The van der Waals surface area contributed by atoms with E-state index in [9.17, 15) is 0 Å². The zero-order chi connectivity index (χ0) is 17.5. The molecule has 0 saturated carbocycles. The van der Waals surface area contributed by atoms with Crippen molar-refractivity contribution in [2.75, 3.05) is 26.8 Å². The summed E-state index contributed by atoms with van der Waals surface area (Å²) in [6, 6.07) is 15.1. The fourth-order valence-corrected chi connectivity index (χ4v) is 4.18. The van der Waals surface area contributed by atoms with Crippen LogP contribution in [0.25, 0.3) is 0 Å². The van der Waals surface area contributed by atoms with Crippen LogP contribution in [0.1, 0.15) is 28.2 Å². The first-order valence-corrected chi connectivity index (χ1v) is 9.67. The van der Waals surface area contributed by atoms with E-state index in [4.69, 9.17) is 4.74 Å². The highest BCUT2D eigenvalue weighted by atomic mass is 127. The Labute approximate surface area is 177 Å². The van der Waals surface area contributed by atoms with Crippen molar-refractivity contribution in [1.82, 2.24) is 10.6 Å². The van der Waals surface area contributed by atoms with Crippen LogP contribution in [0.3, 0.4) is 0 Å². The fraction of sp³-hybridized carbons (Fsp3) is 0.450. The molecule has 0 aliphatic carbocycles. The summed E-state index contributed by atoms with van der Waals surface area (Å²) in [5, 5.41) is 6.97. The maximum absolute atomic E-state index is 5.61. The molecule has 0 atom stereocenters. The zero-order valence-corrected chi connectivity index (χ0v) is 18.6. The van der Waals surface area contributed by atoms with E-state index < -0.39 is 0 Å². The summed E-state index contributed by atoms with van der Waals surface area (Å²) in [6.45, 7) is 5.44. The van der Waals surface area contributed by atoms with Gasteiger partial charge in [0.2, 0.25) is 0 Å². The Balaban J connectivity index is 0.00000243. The first kappa shape index (κ1) is 21.2. The van der Waals surface area contributed by atoms with E-state index in [0.29, 0.717) is 0 Å². The summed E-state index contributed by atoms with van der Waals surface area (Å²) in [5.74, 6) is 0.854. The Hall–Kier alpha value is -1.12. The van der Waals surface area contributed by atoms with Gasteiger partial charge in [-0.2, -0.15) is 0 Å². The van der Waals surface area contributed by atoms with E-state index in [2.05, 4.69) is 65.0 Å². The van der Waals surface area contributed by atoms with Gasteiger partial charge in [-0.15, -0.1) is 35.3 Å². The third kappa shape index (κ3) is 5.44. The number of aliphatic imine (C=N–C) groups is 1. The smallest absolute Gasteiger partial charge is 0.191 e. The molecule has 0 spiro atoms. The Kier molecular flexibility index (Phi) is 8.37. The number of benzene rings is 1. The highest BCUT2D eigenvalue weighted by molar-refractivity contribution is 14.0. The van der Waals surface area contributed by atoms with Crippen LogP contribution < -0.4 is 10.6 Å². The molecule has 4 nitrogen and oxygen atoms in total. The van der Waals surface area contributed by atoms with Crippen molar-refractivity contribution in [2.24, 2.45) is 4.99 Å². The highest BCUT2D eigenvalue weighted by Gasteiger charge is 2.34. The summed E-state index contributed by atoms with van der Waals surface area (Å²) in [5.41, 5.74) is 1.49. The van der Waals surface area contributed by atoms with Crippen molar-refractivity contribution in [3.8, 4) is 0 Å². The van der Waals surface area contributed by atoms with Crippen molar-refractivity contribution in [3.05, 3.63) is 57.8 Å². The zero-order valence-electron chi connectivity index (χ0n) is 15.5. The molecular weight excluding hydrogens is 457 g/mol. The minimum Gasteiger partial charge on any atom is -0.381 e. The van der Waals surface area contributed by atoms with Gasteiger partial charge >= 0.3 is 0 Å². The average molecular weight is 485 g/mol. The van der Waals surface area contributed by atoms with Crippen molar-refractivity contribution in [1.29, 1.82) is 0 Å². The quantitative estimate of drug-likeness (QED) is 0.381. The topological polar surface area (TPSA) is 45.7 Å². The molecule has 0 unspecified atom stereocenters. The Morgan fingerprint density at radius 1 is 1.12 bits per heavy atom. The van der Waals surface area contributed by atoms with E-state index in [1.165, 1.54) is 15.3 Å². The Bertz CT molecular complexity index is 696. The molecule has 6 heteroatoms. The van der Waals surface area contributed by atoms with Gasteiger partial charge in [-0.05, 0) is 37.5 Å². The van der Waals surface area contributed by atoms with Crippen LogP contribution >= 0.6 is 35.3 Å². The van der Waals surface area contributed by atoms with Gasteiger partial charge in [-0.1, -0.05) is 30.3 Å². The molecule has 2 heterocycles. The van der Waals surface area contributed by atoms with E-state index in [1.54, 1.807) is 0 Å². The molecule has 1 aromatic heterocycles. The predicted molar refractivity (Wildman–Crippen MR) is 121 cm³/mol. The molecule has 0 bridgehead atoms. The van der Waals surface area contributed by atoms with Gasteiger partial charge in [0, 0.05) is 42.0 Å². The third-order valence-electron chi connectivity index (χ3n) is 4.88. The lowest BCUT2D eigenvalue weighted by atomic mass is 9.74. The van der Waals surface area contributed by atoms with Crippen LogP contribution in [0, 0.1) is 6.92 Å². The minimum atomic E-state index is 0. The molecule has 1 aliphatic rings. The second kappa shape index (κ2) is 10.3. The third-order valence-corrected chi connectivity index (χ3v) is 5.88. The first-order valence-electron chi connectivity index (χ1n) is 8.85. The molecule has 1 aliphatic heterocycles. The van der Waals surface area contributed by atoms with Crippen LogP contribution in [0.15, 0.2) is 47.5 Å². The van der Waals surface area contributed by atoms with Gasteiger partial charge in [0.15, 0.2) is 5.96 Å². The van der Waals surface area contributed by atoms with Crippen LogP contribution in [-0.4, -0.2) is 32.8 Å². The van der Waals surface area contributed by atoms with Gasteiger partial charge in [0.1, 0.15) is 0 Å². The summed E-state index contributed by atoms with van der Waals surface area (Å²) >= 11 is 1.82. The van der Waals surface area contributed by atoms with Gasteiger partial charge in [-0.25, -0.2) is 0 Å². The highest BCUT2D eigenvalue weighted by Crippen LogP contribution is 2.34. The number of hydrogen-bond donors (Lipinski definition) is 2. The molecular formula is C20H28IN3OS. The number of aryl methyl sites for hydroxylation is 1. The number of ether oxygens (including phenoxy) is 1. The number of rotatable bonds is 5. The van der Waals surface area contributed by atoms with E-state index >= 15 is 0 Å². The van der Waals surface area contributed by atoms with E-state index in [0.717, 1.165) is 45.1 Å². The van der Waals surface area contributed by atoms with Gasteiger partial charge in [-0.3, -0.25) is 4.99 Å². The number of guanidine groups is 1. The van der Waals surface area contributed by atoms with Crippen LogP contribution in [-0.2, 0) is 16.7 Å². The SMILES string of the molecule is CN=C(NCc1ccc(C)s1)NCC1(c2ccccc2)CCOCC1.I. The predicted octanol–water partition coefficient (Wildman–Crippen LogP) is 4.09. The second-order valence-electron chi connectivity index (χ2n) is 6.55. The number of hydrogen-bond acceptors (Lipinski definition) is 3. The molecule has 1 fully saturated rings. The molecule has 1 saturated heterocycles. The van der Waals surface area contributed by atoms with Crippen LogP contribution in [0.4, 0.5) is 0 Å². The molecule has 1 aromatic carbocycles. The Morgan fingerprint density at radius 3 is 2.46 bits per heavy atom. The molecule has 0 radical (unpaired) electrons. The molecule has 2 aromatic rings. The number of nitrogens with zero attached hydrogens (tertiary/aromatic N) is 1. The minimum absolute atomic E-state index is 0. The lowest BCUT2D eigenvalue weighted by Crippen LogP contribution is -2.47. The van der Waals surface area contributed by atoms with Crippen molar-refractivity contribution >= 4 is 41.3 Å². The molecule has 26 heavy (non-hydrogen) atoms. The Morgan fingerprint density at radius 2 is 1.85 bits per heavy atom. The lowest BCUT2D eigenvalue weighted by Gasteiger charge is -2.38. The second-order valence-corrected chi connectivity index (χ2v) is 7.92. The molecule has 0 amide bonds. The van der Waals surface area contributed by atoms with Crippen molar-refractivity contribution < 1.29 is 4.74 Å². The van der Waals surface area contributed by atoms with Gasteiger partial charge < -0.3 is 15.4 Å².